The molecule has 168 valence electrons. The average molecular weight is 461 g/mol. The Morgan fingerprint density at radius 1 is 0.970 bits per heavy atom. The van der Waals surface area contributed by atoms with Crippen molar-refractivity contribution in [3.8, 4) is 33.8 Å². The van der Waals surface area contributed by atoms with Crippen LogP contribution in [-0.2, 0) is 10.2 Å². The predicted molar refractivity (Wildman–Crippen MR) is 131 cm³/mol. The third kappa shape index (κ3) is 5.10. The van der Waals surface area contributed by atoms with E-state index in [2.05, 4.69) is 26.8 Å². The summed E-state index contributed by atoms with van der Waals surface area (Å²) < 4.78 is 7.35. The molecule has 0 atom stereocenters. The summed E-state index contributed by atoms with van der Waals surface area (Å²) in [5, 5.41) is 14.6. The van der Waals surface area contributed by atoms with Crippen LogP contribution >= 0.6 is 11.6 Å². The van der Waals surface area contributed by atoms with Crippen molar-refractivity contribution in [3.05, 3.63) is 89.6 Å². The van der Waals surface area contributed by atoms with E-state index in [1.54, 1.807) is 6.07 Å². The van der Waals surface area contributed by atoms with Gasteiger partial charge in [0.05, 0.1) is 17.1 Å². The van der Waals surface area contributed by atoms with Crippen LogP contribution in [0.15, 0.2) is 78.9 Å². The molecule has 0 saturated heterocycles. The average Bonchev–Trinajstić information content (AvgIpc) is 3.24. The first-order valence-corrected chi connectivity index (χ1v) is 11.0. The maximum atomic E-state index is 10.9. The molecule has 3 aromatic carbocycles. The number of aromatic nitrogens is 2. The molecule has 4 rings (SSSR count). The number of carboxylic acid groups (broad SMARTS) is 1. The largest absolute Gasteiger partial charge is 0.482 e. The zero-order valence-corrected chi connectivity index (χ0v) is 19.5. The molecule has 0 spiro atoms. The summed E-state index contributed by atoms with van der Waals surface area (Å²) in [5.74, 6) is -0.505. The second-order valence-corrected chi connectivity index (χ2v) is 9.25. The third-order valence-corrected chi connectivity index (χ3v) is 5.51. The lowest BCUT2D eigenvalue weighted by Crippen LogP contribution is -2.17. The van der Waals surface area contributed by atoms with E-state index in [1.807, 2.05) is 71.4 Å². The monoisotopic (exact) mass is 460 g/mol. The molecule has 1 N–H and O–H groups in total. The molecule has 0 unspecified atom stereocenters. The molecule has 33 heavy (non-hydrogen) atoms. The van der Waals surface area contributed by atoms with Crippen molar-refractivity contribution < 1.29 is 14.6 Å². The number of carbonyl (C=O) groups is 1. The highest BCUT2D eigenvalue weighted by Gasteiger charge is 2.23. The van der Waals surface area contributed by atoms with Crippen LogP contribution in [0.3, 0.4) is 0 Å². The molecule has 5 nitrogen and oxygen atoms in total. The van der Waals surface area contributed by atoms with Gasteiger partial charge < -0.3 is 9.84 Å². The minimum atomic E-state index is -1.01. The maximum Gasteiger partial charge on any atom is 0.341 e. The summed E-state index contributed by atoms with van der Waals surface area (Å²) in [7, 11) is 0. The van der Waals surface area contributed by atoms with Crippen LogP contribution in [0, 0.1) is 0 Å². The summed E-state index contributed by atoms with van der Waals surface area (Å²) in [5.41, 5.74) is 5.62. The van der Waals surface area contributed by atoms with Gasteiger partial charge in [0, 0.05) is 16.0 Å². The van der Waals surface area contributed by atoms with E-state index in [9.17, 15) is 4.79 Å². The van der Waals surface area contributed by atoms with E-state index in [1.165, 1.54) is 0 Å². The van der Waals surface area contributed by atoms with E-state index >= 15 is 0 Å². The zero-order chi connectivity index (χ0) is 23.6. The SMILES string of the molecule is CC(C)(C)c1cc(-c2ccccc2-c2cccc(OCC(=O)O)c2)nn1-c1ccc(Cl)cc1. The minimum Gasteiger partial charge on any atom is -0.482 e. The molecule has 0 aliphatic rings. The lowest BCUT2D eigenvalue weighted by molar-refractivity contribution is -0.139. The number of halogens is 1. The van der Waals surface area contributed by atoms with Crippen LogP contribution in [0.1, 0.15) is 26.5 Å². The van der Waals surface area contributed by atoms with Crippen molar-refractivity contribution in [2.45, 2.75) is 26.2 Å². The van der Waals surface area contributed by atoms with Gasteiger partial charge >= 0.3 is 5.97 Å². The first kappa shape index (κ1) is 22.6. The lowest BCUT2D eigenvalue weighted by Gasteiger charge is -2.20. The fraction of sp³-hybridized carbons (Fsp3) is 0.185. The van der Waals surface area contributed by atoms with Crippen LogP contribution in [0.2, 0.25) is 5.02 Å². The van der Waals surface area contributed by atoms with Crippen molar-refractivity contribution in [2.24, 2.45) is 0 Å². The topological polar surface area (TPSA) is 64.3 Å². The van der Waals surface area contributed by atoms with Gasteiger partial charge in [-0.05, 0) is 53.6 Å². The Balaban J connectivity index is 1.81. The van der Waals surface area contributed by atoms with Crippen molar-refractivity contribution in [2.75, 3.05) is 6.61 Å². The van der Waals surface area contributed by atoms with Crippen LogP contribution in [0.25, 0.3) is 28.1 Å². The Bertz CT molecular complexity index is 1290. The van der Waals surface area contributed by atoms with Crippen LogP contribution in [0.5, 0.6) is 5.75 Å². The molecule has 0 amide bonds. The van der Waals surface area contributed by atoms with Gasteiger partial charge in [-0.25, -0.2) is 9.48 Å². The molecule has 6 heteroatoms. The number of hydrogen-bond donors (Lipinski definition) is 1. The molecule has 0 saturated carbocycles. The van der Waals surface area contributed by atoms with E-state index in [0.717, 1.165) is 33.8 Å². The molecule has 0 bridgehead atoms. The van der Waals surface area contributed by atoms with E-state index in [0.29, 0.717) is 10.8 Å². The van der Waals surface area contributed by atoms with Gasteiger partial charge in [-0.15, -0.1) is 0 Å². The zero-order valence-electron chi connectivity index (χ0n) is 18.7. The molecule has 4 aromatic rings. The standard InChI is InChI=1S/C27H25ClN2O3/c1-27(2,3)25-16-24(29-30(25)20-13-11-19(28)12-14-20)23-10-5-4-9-22(23)18-7-6-8-21(15-18)33-17-26(31)32/h4-16H,17H2,1-3H3,(H,31,32). The molecular formula is C27H25ClN2O3. The van der Waals surface area contributed by atoms with Crippen molar-refractivity contribution in [3.63, 3.8) is 0 Å². The highest BCUT2D eigenvalue weighted by molar-refractivity contribution is 6.30. The second-order valence-electron chi connectivity index (χ2n) is 8.81. The van der Waals surface area contributed by atoms with Gasteiger partial charge in [-0.2, -0.15) is 5.10 Å². The Morgan fingerprint density at radius 2 is 1.67 bits per heavy atom. The smallest absolute Gasteiger partial charge is 0.341 e. The van der Waals surface area contributed by atoms with E-state index in [-0.39, 0.29) is 12.0 Å². The van der Waals surface area contributed by atoms with E-state index in [4.69, 9.17) is 26.5 Å². The molecule has 1 aromatic heterocycles. The highest BCUT2D eigenvalue weighted by Crippen LogP contribution is 2.36. The first-order valence-electron chi connectivity index (χ1n) is 10.6. The van der Waals surface area contributed by atoms with Gasteiger partial charge in [0.1, 0.15) is 5.75 Å². The Labute approximate surface area is 198 Å². The van der Waals surface area contributed by atoms with Crippen LogP contribution in [0.4, 0.5) is 0 Å². The lowest BCUT2D eigenvalue weighted by atomic mass is 9.90. The highest BCUT2D eigenvalue weighted by atomic mass is 35.5. The van der Waals surface area contributed by atoms with E-state index < -0.39 is 5.97 Å². The molecule has 1 heterocycles. The molecular weight excluding hydrogens is 436 g/mol. The molecule has 0 aliphatic heterocycles. The fourth-order valence-corrected chi connectivity index (χ4v) is 3.81. The van der Waals surface area contributed by atoms with Gasteiger partial charge in [0.25, 0.3) is 0 Å². The number of hydrogen-bond acceptors (Lipinski definition) is 3. The van der Waals surface area contributed by atoms with Gasteiger partial charge in [0.15, 0.2) is 6.61 Å². The number of benzene rings is 3. The summed E-state index contributed by atoms with van der Waals surface area (Å²) in [6.45, 7) is 6.10. The summed E-state index contributed by atoms with van der Waals surface area (Å²) in [4.78, 5) is 10.9. The normalized spacial score (nSPS) is 11.4. The number of nitrogens with zero attached hydrogens (tertiary/aromatic N) is 2. The molecule has 0 fully saturated rings. The van der Waals surface area contributed by atoms with Crippen molar-refractivity contribution in [1.29, 1.82) is 0 Å². The van der Waals surface area contributed by atoms with Gasteiger partial charge in [-0.3, -0.25) is 0 Å². The predicted octanol–water partition coefficient (Wildman–Crippen LogP) is 6.62. The Kier molecular flexibility index (Phi) is 6.25. The fourth-order valence-electron chi connectivity index (χ4n) is 3.68. The third-order valence-electron chi connectivity index (χ3n) is 5.26. The number of carboxylic acids is 1. The quantitative estimate of drug-likeness (QED) is 0.351. The number of aliphatic carboxylic acids is 1. The summed E-state index contributed by atoms with van der Waals surface area (Å²) in [6, 6.07) is 25.2. The molecule has 0 aliphatic carbocycles. The first-order chi connectivity index (χ1) is 15.7. The molecule has 0 radical (unpaired) electrons. The van der Waals surface area contributed by atoms with Crippen LogP contribution in [-0.4, -0.2) is 27.5 Å². The number of ether oxygens (including phenoxy) is 1. The summed E-state index contributed by atoms with van der Waals surface area (Å²) >= 11 is 6.10. The summed E-state index contributed by atoms with van der Waals surface area (Å²) in [6.07, 6.45) is 0. The van der Waals surface area contributed by atoms with Gasteiger partial charge in [0.2, 0.25) is 0 Å². The Hall–Kier alpha value is -3.57. The second kappa shape index (κ2) is 9.12. The number of rotatable bonds is 6. The van der Waals surface area contributed by atoms with Gasteiger partial charge in [-0.1, -0.05) is 68.8 Å². The maximum absolute atomic E-state index is 10.9. The van der Waals surface area contributed by atoms with Crippen molar-refractivity contribution in [1.82, 2.24) is 9.78 Å². The Morgan fingerprint density at radius 3 is 2.33 bits per heavy atom. The van der Waals surface area contributed by atoms with Crippen molar-refractivity contribution >= 4 is 17.6 Å². The minimum absolute atomic E-state index is 0.135. The van der Waals surface area contributed by atoms with Crippen LogP contribution < -0.4 is 4.74 Å².